The Labute approximate surface area is 103 Å². The maximum absolute atomic E-state index is 12.0. The third kappa shape index (κ3) is 6.58. The summed E-state index contributed by atoms with van der Waals surface area (Å²) >= 11 is 0. The van der Waals surface area contributed by atoms with Gasteiger partial charge in [0.15, 0.2) is 0 Å². The molecule has 0 aliphatic rings. The van der Waals surface area contributed by atoms with Gasteiger partial charge in [0.1, 0.15) is 6.10 Å². The highest BCUT2D eigenvalue weighted by Crippen LogP contribution is 2.00. The molecule has 1 atom stereocenters. The normalized spacial score (nSPS) is 12.5. The Balaban J connectivity index is 4.26. The van der Waals surface area contributed by atoms with E-state index in [4.69, 9.17) is 19.9 Å². The molecule has 0 aromatic rings. The molecule has 0 bridgehead atoms. The van der Waals surface area contributed by atoms with Crippen LogP contribution in [-0.4, -0.2) is 71.1 Å². The van der Waals surface area contributed by atoms with Gasteiger partial charge in [-0.3, -0.25) is 4.79 Å². The number of ether oxygens (including phenoxy) is 3. The second-order valence-electron chi connectivity index (χ2n) is 3.62. The maximum Gasteiger partial charge on any atom is 0.253 e. The number of hydrogen-bond acceptors (Lipinski definition) is 5. The van der Waals surface area contributed by atoms with Crippen LogP contribution in [-0.2, 0) is 19.0 Å². The predicted octanol–water partition coefficient (Wildman–Crippen LogP) is -0.528. The average molecular weight is 248 g/mol. The minimum atomic E-state index is -0.575. The first-order valence-corrected chi connectivity index (χ1v) is 5.70. The fraction of sp³-hybridized carbons (Fsp3) is 0.909. The average Bonchev–Trinajstić information content (AvgIpc) is 2.35. The molecule has 0 radical (unpaired) electrons. The molecule has 17 heavy (non-hydrogen) atoms. The summed E-state index contributed by atoms with van der Waals surface area (Å²) in [5.74, 6) is -0.0943. The fourth-order valence-electron chi connectivity index (χ4n) is 1.43. The second-order valence-corrected chi connectivity index (χ2v) is 3.62. The summed E-state index contributed by atoms with van der Waals surface area (Å²) in [5.41, 5.74) is 5.48. The molecule has 0 aromatic heterocycles. The predicted molar refractivity (Wildman–Crippen MR) is 64.8 cm³/mol. The number of carbonyl (C=O) groups is 1. The van der Waals surface area contributed by atoms with E-state index in [-0.39, 0.29) is 12.5 Å². The molecule has 2 N–H and O–H groups in total. The largest absolute Gasteiger partial charge is 0.385 e. The molecule has 0 heterocycles. The van der Waals surface area contributed by atoms with Gasteiger partial charge in [-0.2, -0.15) is 0 Å². The van der Waals surface area contributed by atoms with Gasteiger partial charge >= 0.3 is 0 Å². The monoisotopic (exact) mass is 248 g/mol. The summed E-state index contributed by atoms with van der Waals surface area (Å²) in [6.45, 7) is 2.47. The Hall–Kier alpha value is -0.690. The van der Waals surface area contributed by atoms with E-state index < -0.39 is 6.10 Å². The van der Waals surface area contributed by atoms with E-state index in [1.54, 1.807) is 19.1 Å². The van der Waals surface area contributed by atoms with Gasteiger partial charge in [0.05, 0.1) is 6.61 Å². The van der Waals surface area contributed by atoms with Gasteiger partial charge in [-0.25, -0.2) is 0 Å². The van der Waals surface area contributed by atoms with Gasteiger partial charge in [0.25, 0.3) is 5.91 Å². The number of amides is 1. The zero-order chi connectivity index (χ0) is 13.1. The van der Waals surface area contributed by atoms with Crippen molar-refractivity contribution in [3.63, 3.8) is 0 Å². The van der Waals surface area contributed by atoms with Crippen molar-refractivity contribution in [2.45, 2.75) is 12.5 Å². The molecule has 1 unspecified atom stereocenters. The number of nitrogens with two attached hydrogens (primary N) is 1. The van der Waals surface area contributed by atoms with Gasteiger partial charge in [-0.05, 0) is 6.42 Å². The van der Waals surface area contributed by atoms with Crippen molar-refractivity contribution in [1.29, 1.82) is 0 Å². The summed E-state index contributed by atoms with van der Waals surface area (Å²) < 4.78 is 15.0. The molecule has 0 saturated heterocycles. The van der Waals surface area contributed by atoms with Crippen molar-refractivity contribution in [1.82, 2.24) is 4.90 Å². The quantitative estimate of drug-likeness (QED) is 0.526. The molecule has 0 aliphatic carbocycles. The SMILES string of the molecule is COCCCN(CCOC)C(=O)C(CN)OC. The van der Waals surface area contributed by atoms with Crippen LogP contribution in [0.25, 0.3) is 0 Å². The van der Waals surface area contributed by atoms with Crippen LogP contribution < -0.4 is 5.73 Å². The molecule has 0 rings (SSSR count). The molecule has 6 nitrogen and oxygen atoms in total. The standard InChI is InChI=1S/C11H24N2O4/c1-15-7-4-5-13(6-8-16-2)11(14)10(9-12)17-3/h10H,4-9,12H2,1-3H3. The first-order valence-electron chi connectivity index (χ1n) is 5.70. The van der Waals surface area contributed by atoms with Gasteiger partial charge < -0.3 is 24.8 Å². The van der Waals surface area contributed by atoms with E-state index in [0.29, 0.717) is 26.3 Å². The lowest BCUT2D eigenvalue weighted by Crippen LogP contribution is -2.45. The highest BCUT2D eigenvalue weighted by atomic mass is 16.5. The summed E-state index contributed by atoms with van der Waals surface area (Å²) in [4.78, 5) is 13.7. The van der Waals surface area contributed by atoms with Crippen LogP contribution in [0.4, 0.5) is 0 Å². The Morgan fingerprint density at radius 3 is 2.29 bits per heavy atom. The van der Waals surface area contributed by atoms with E-state index in [2.05, 4.69) is 0 Å². The van der Waals surface area contributed by atoms with Gasteiger partial charge in [-0.1, -0.05) is 0 Å². The fourth-order valence-corrected chi connectivity index (χ4v) is 1.43. The molecule has 0 spiro atoms. The summed E-state index contributed by atoms with van der Waals surface area (Å²) in [6.07, 6.45) is 0.210. The van der Waals surface area contributed by atoms with E-state index >= 15 is 0 Å². The molecule has 0 saturated carbocycles. The number of rotatable bonds is 10. The van der Waals surface area contributed by atoms with Crippen molar-refractivity contribution in [3.05, 3.63) is 0 Å². The van der Waals surface area contributed by atoms with Crippen LogP contribution in [0, 0.1) is 0 Å². The number of hydrogen-bond donors (Lipinski definition) is 1. The third-order valence-electron chi connectivity index (χ3n) is 2.43. The van der Waals surface area contributed by atoms with E-state index in [0.717, 1.165) is 6.42 Å². The van der Waals surface area contributed by atoms with Crippen LogP contribution in [0.5, 0.6) is 0 Å². The Morgan fingerprint density at radius 2 is 1.82 bits per heavy atom. The Bertz CT molecular complexity index is 198. The van der Waals surface area contributed by atoms with Crippen molar-refractivity contribution in [2.24, 2.45) is 5.73 Å². The van der Waals surface area contributed by atoms with Gasteiger partial charge in [0, 0.05) is 47.6 Å². The van der Waals surface area contributed by atoms with Gasteiger partial charge in [-0.15, -0.1) is 0 Å². The number of methoxy groups -OCH3 is 3. The van der Waals surface area contributed by atoms with Crippen LogP contribution in [0.1, 0.15) is 6.42 Å². The summed E-state index contributed by atoms with van der Waals surface area (Å²) in [5, 5.41) is 0. The zero-order valence-electron chi connectivity index (χ0n) is 11.0. The molecule has 102 valence electrons. The topological polar surface area (TPSA) is 74.0 Å². The van der Waals surface area contributed by atoms with Crippen LogP contribution in [0.2, 0.25) is 0 Å². The lowest BCUT2D eigenvalue weighted by Gasteiger charge is -2.25. The highest BCUT2D eigenvalue weighted by molar-refractivity contribution is 5.81. The van der Waals surface area contributed by atoms with E-state index in [1.807, 2.05) is 0 Å². The van der Waals surface area contributed by atoms with Crippen molar-refractivity contribution in [3.8, 4) is 0 Å². The lowest BCUT2D eigenvalue weighted by atomic mass is 10.2. The van der Waals surface area contributed by atoms with Crippen molar-refractivity contribution < 1.29 is 19.0 Å². The molecule has 0 aromatic carbocycles. The van der Waals surface area contributed by atoms with Crippen LogP contribution in [0.3, 0.4) is 0 Å². The van der Waals surface area contributed by atoms with E-state index in [1.165, 1.54) is 7.11 Å². The lowest BCUT2D eigenvalue weighted by molar-refractivity contribution is -0.142. The number of carbonyl (C=O) groups excluding carboxylic acids is 1. The minimum absolute atomic E-state index is 0.0943. The highest BCUT2D eigenvalue weighted by Gasteiger charge is 2.22. The maximum atomic E-state index is 12.0. The second kappa shape index (κ2) is 10.5. The molecule has 1 amide bonds. The van der Waals surface area contributed by atoms with Crippen molar-refractivity contribution >= 4 is 5.91 Å². The molecular weight excluding hydrogens is 224 g/mol. The first kappa shape index (κ1) is 16.3. The molecule has 0 fully saturated rings. The molecule has 6 heteroatoms. The first-order chi connectivity index (χ1) is 8.21. The van der Waals surface area contributed by atoms with Crippen LogP contribution >= 0.6 is 0 Å². The summed E-state index contributed by atoms with van der Waals surface area (Å²) in [6, 6.07) is 0. The van der Waals surface area contributed by atoms with Crippen molar-refractivity contribution in [2.75, 3.05) is 54.2 Å². The Kier molecular flexibility index (Phi) is 10.0. The molecular formula is C11H24N2O4. The smallest absolute Gasteiger partial charge is 0.253 e. The molecule has 0 aliphatic heterocycles. The van der Waals surface area contributed by atoms with E-state index in [9.17, 15) is 4.79 Å². The minimum Gasteiger partial charge on any atom is -0.385 e. The zero-order valence-corrected chi connectivity index (χ0v) is 11.0. The third-order valence-corrected chi connectivity index (χ3v) is 2.43. The number of nitrogens with zero attached hydrogens (tertiary/aromatic N) is 1. The van der Waals surface area contributed by atoms with Gasteiger partial charge in [0.2, 0.25) is 0 Å². The Morgan fingerprint density at radius 1 is 1.18 bits per heavy atom. The van der Waals surface area contributed by atoms with Crippen LogP contribution in [0.15, 0.2) is 0 Å². The summed E-state index contributed by atoms with van der Waals surface area (Å²) in [7, 11) is 4.73.